The zero-order valence-electron chi connectivity index (χ0n) is 12.4. The second-order valence-corrected chi connectivity index (χ2v) is 5.14. The van der Waals surface area contributed by atoms with E-state index in [2.05, 4.69) is 0 Å². The highest BCUT2D eigenvalue weighted by atomic mass is 19.4. The maximum Gasteiger partial charge on any atom is 0.488 e. The number of halogens is 3. The summed E-state index contributed by atoms with van der Waals surface area (Å²) in [7, 11) is -1.98. The summed E-state index contributed by atoms with van der Waals surface area (Å²) in [5.41, 5.74) is -1.31. The normalized spacial score (nSPS) is 18.7. The largest absolute Gasteiger partial charge is 0.491 e. The summed E-state index contributed by atoms with van der Waals surface area (Å²) in [5.74, 6) is -0.380. The van der Waals surface area contributed by atoms with Gasteiger partial charge in [0.1, 0.15) is 12.4 Å². The standard InChI is InChI=1S/C14H18BF3O5/c16-14(17,18)11-9-10(15(19)20)4-5-12(11)21-7-8-23-13-3-1-2-6-22-13/h4-5,9,13,19-20H,1-3,6-8H2. The SMILES string of the molecule is OB(O)c1ccc(OCCOC2CCCCO2)c(C(F)(F)F)c1. The van der Waals surface area contributed by atoms with E-state index in [-0.39, 0.29) is 30.7 Å². The summed E-state index contributed by atoms with van der Waals surface area (Å²) in [6, 6.07) is 2.89. The molecule has 0 saturated carbocycles. The van der Waals surface area contributed by atoms with Crippen LogP contribution >= 0.6 is 0 Å². The van der Waals surface area contributed by atoms with Crippen LogP contribution in [-0.4, -0.2) is 43.3 Å². The first-order valence-electron chi connectivity index (χ1n) is 7.31. The third kappa shape index (κ3) is 5.38. The molecule has 1 fully saturated rings. The minimum absolute atomic E-state index is 0.0655. The van der Waals surface area contributed by atoms with Crippen LogP contribution in [0.15, 0.2) is 18.2 Å². The molecule has 0 bridgehead atoms. The Kier molecular flexibility index (Phi) is 6.29. The van der Waals surface area contributed by atoms with E-state index < -0.39 is 18.9 Å². The number of rotatable bonds is 6. The molecule has 1 aliphatic heterocycles. The van der Waals surface area contributed by atoms with Crippen molar-refractivity contribution in [2.24, 2.45) is 0 Å². The molecule has 0 aliphatic carbocycles. The van der Waals surface area contributed by atoms with Crippen LogP contribution in [0.25, 0.3) is 0 Å². The van der Waals surface area contributed by atoms with Crippen molar-refractivity contribution >= 4 is 12.6 Å². The van der Waals surface area contributed by atoms with Gasteiger partial charge < -0.3 is 24.3 Å². The van der Waals surface area contributed by atoms with Gasteiger partial charge in [-0.1, -0.05) is 6.07 Å². The van der Waals surface area contributed by atoms with Crippen LogP contribution in [0.1, 0.15) is 24.8 Å². The molecule has 1 atom stereocenters. The molecule has 0 amide bonds. The van der Waals surface area contributed by atoms with Crippen molar-refractivity contribution < 1.29 is 37.4 Å². The molecule has 0 aromatic heterocycles. The fraction of sp³-hybridized carbons (Fsp3) is 0.571. The topological polar surface area (TPSA) is 68.2 Å². The van der Waals surface area contributed by atoms with Crippen LogP contribution < -0.4 is 10.2 Å². The van der Waals surface area contributed by atoms with E-state index in [1.165, 1.54) is 6.07 Å². The Bertz CT molecular complexity index is 504. The van der Waals surface area contributed by atoms with Crippen molar-refractivity contribution in [2.75, 3.05) is 19.8 Å². The van der Waals surface area contributed by atoms with Crippen LogP contribution in [0.3, 0.4) is 0 Å². The number of ether oxygens (including phenoxy) is 3. The number of benzene rings is 1. The van der Waals surface area contributed by atoms with Crippen LogP contribution in [-0.2, 0) is 15.7 Å². The van der Waals surface area contributed by atoms with E-state index >= 15 is 0 Å². The van der Waals surface area contributed by atoms with Crippen LogP contribution in [0.5, 0.6) is 5.75 Å². The van der Waals surface area contributed by atoms with Crippen LogP contribution in [0.2, 0.25) is 0 Å². The Morgan fingerprint density at radius 3 is 2.61 bits per heavy atom. The number of hydrogen-bond donors (Lipinski definition) is 2. The van der Waals surface area contributed by atoms with E-state index in [4.69, 9.17) is 24.3 Å². The number of hydrogen-bond acceptors (Lipinski definition) is 5. The van der Waals surface area contributed by atoms with E-state index in [1.54, 1.807) is 0 Å². The first kappa shape index (κ1) is 18.1. The zero-order chi connectivity index (χ0) is 16.9. The van der Waals surface area contributed by atoms with Gasteiger partial charge in [-0.05, 0) is 36.9 Å². The molecular formula is C14H18BF3O5. The van der Waals surface area contributed by atoms with Crippen molar-refractivity contribution in [2.45, 2.75) is 31.7 Å². The smallest absolute Gasteiger partial charge is 0.488 e. The fourth-order valence-electron chi connectivity index (χ4n) is 2.23. The summed E-state index contributed by atoms with van der Waals surface area (Å²) in [6.07, 6.45) is -2.26. The summed E-state index contributed by atoms with van der Waals surface area (Å²) in [6.45, 7) is 0.658. The maximum atomic E-state index is 13.0. The van der Waals surface area contributed by atoms with Gasteiger partial charge in [0.05, 0.1) is 12.2 Å². The summed E-state index contributed by atoms with van der Waals surface area (Å²) < 4.78 is 54.8. The third-order valence-corrected chi connectivity index (χ3v) is 3.39. The molecule has 5 nitrogen and oxygen atoms in total. The van der Waals surface area contributed by atoms with Crippen LogP contribution in [0.4, 0.5) is 13.2 Å². The molecule has 1 unspecified atom stereocenters. The van der Waals surface area contributed by atoms with Gasteiger partial charge in [0.2, 0.25) is 0 Å². The molecular weight excluding hydrogens is 316 g/mol. The van der Waals surface area contributed by atoms with Crippen molar-refractivity contribution in [3.05, 3.63) is 23.8 Å². The first-order chi connectivity index (χ1) is 10.9. The lowest BCUT2D eigenvalue weighted by Gasteiger charge is -2.23. The van der Waals surface area contributed by atoms with Gasteiger partial charge in [-0.3, -0.25) is 0 Å². The predicted molar refractivity (Wildman–Crippen MR) is 76.3 cm³/mol. The molecule has 2 rings (SSSR count). The van der Waals surface area contributed by atoms with Gasteiger partial charge in [0, 0.05) is 6.61 Å². The predicted octanol–water partition coefficient (Wildman–Crippen LogP) is 1.31. The lowest BCUT2D eigenvalue weighted by molar-refractivity contribution is -0.166. The summed E-state index contributed by atoms with van der Waals surface area (Å²) in [4.78, 5) is 0. The molecule has 1 aliphatic rings. The third-order valence-electron chi connectivity index (χ3n) is 3.39. The van der Waals surface area contributed by atoms with Crippen molar-refractivity contribution in [1.82, 2.24) is 0 Å². The Hall–Kier alpha value is -1.29. The van der Waals surface area contributed by atoms with E-state index in [1.807, 2.05) is 0 Å². The van der Waals surface area contributed by atoms with E-state index in [0.29, 0.717) is 12.7 Å². The van der Waals surface area contributed by atoms with Gasteiger partial charge in [-0.15, -0.1) is 0 Å². The van der Waals surface area contributed by atoms with Gasteiger partial charge >= 0.3 is 13.3 Å². The van der Waals surface area contributed by atoms with E-state index in [9.17, 15) is 13.2 Å². The van der Waals surface area contributed by atoms with Gasteiger partial charge in [0.15, 0.2) is 6.29 Å². The first-order valence-corrected chi connectivity index (χ1v) is 7.31. The Morgan fingerprint density at radius 1 is 1.22 bits per heavy atom. The Balaban J connectivity index is 1.93. The molecule has 2 N–H and O–H groups in total. The second-order valence-electron chi connectivity index (χ2n) is 5.14. The Morgan fingerprint density at radius 2 is 2.00 bits per heavy atom. The lowest BCUT2D eigenvalue weighted by Crippen LogP contribution is -2.31. The van der Waals surface area contributed by atoms with Crippen molar-refractivity contribution in [1.29, 1.82) is 0 Å². The monoisotopic (exact) mass is 334 g/mol. The second kappa shape index (κ2) is 8.00. The average Bonchev–Trinajstić information content (AvgIpc) is 2.51. The minimum Gasteiger partial charge on any atom is -0.491 e. The molecule has 1 aromatic rings. The van der Waals surface area contributed by atoms with Gasteiger partial charge in [-0.25, -0.2) is 0 Å². The minimum atomic E-state index is -4.66. The molecule has 9 heteroatoms. The average molecular weight is 334 g/mol. The summed E-state index contributed by atoms with van der Waals surface area (Å²) >= 11 is 0. The molecule has 23 heavy (non-hydrogen) atoms. The molecule has 1 saturated heterocycles. The molecule has 128 valence electrons. The van der Waals surface area contributed by atoms with Gasteiger partial charge in [-0.2, -0.15) is 13.2 Å². The van der Waals surface area contributed by atoms with Gasteiger partial charge in [0.25, 0.3) is 0 Å². The lowest BCUT2D eigenvalue weighted by atomic mass is 9.79. The maximum absolute atomic E-state index is 13.0. The molecule has 1 heterocycles. The number of alkyl halides is 3. The van der Waals surface area contributed by atoms with Crippen molar-refractivity contribution in [3.63, 3.8) is 0 Å². The highest BCUT2D eigenvalue weighted by molar-refractivity contribution is 6.58. The zero-order valence-corrected chi connectivity index (χ0v) is 12.4. The molecule has 0 radical (unpaired) electrons. The molecule has 0 spiro atoms. The Labute approximate surface area is 132 Å². The highest BCUT2D eigenvalue weighted by Crippen LogP contribution is 2.35. The highest BCUT2D eigenvalue weighted by Gasteiger charge is 2.35. The van der Waals surface area contributed by atoms with Crippen LogP contribution in [0, 0.1) is 0 Å². The quantitative estimate of drug-likeness (QED) is 0.606. The van der Waals surface area contributed by atoms with Crippen molar-refractivity contribution in [3.8, 4) is 5.75 Å². The fourth-order valence-corrected chi connectivity index (χ4v) is 2.23. The van der Waals surface area contributed by atoms with E-state index in [0.717, 1.165) is 25.3 Å². The molecule has 1 aromatic carbocycles. The summed E-state index contributed by atoms with van der Waals surface area (Å²) in [5, 5.41) is 18.0.